The van der Waals surface area contributed by atoms with Gasteiger partial charge in [-0.2, -0.15) is 0 Å². The second kappa shape index (κ2) is 8.30. The third-order valence-electron chi connectivity index (χ3n) is 5.43. The Labute approximate surface area is 161 Å². The second-order valence-electron chi connectivity index (χ2n) is 7.49. The number of hydroxylamine groups is 2. The zero-order valence-electron chi connectivity index (χ0n) is 15.3. The number of nitrogens with zero attached hydrogens (tertiary/aromatic N) is 4. The van der Waals surface area contributed by atoms with Crippen molar-refractivity contribution in [3.05, 3.63) is 5.51 Å². The van der Waals surface area contributed by atoms with Gasteiger partial charge < -0.3 is 4.90 Å². The molecule has 1 aliphatic carbocycles. The van der Waals surface area contributed by atoms with Crippen LogP contribution in [-0.2, 0) is 14.4 Å². The zero-order valence-corrected chi connectivity index (χ0v) is 16.2. The maximum atomic E-state index is 13.2. The first-order valence-corrected chi connectivity index (χ1v) is 10.1. The fourth-order valence-electron chi connectivity index (χ4n) is 3.72. The van der Waals surface area contributed by atoms with Crippen LogP contribution in [0, 0.1) is 11.3 Å². The van der Waals surface area contributed by atoms with E-state index in [1.165, 1.54) is 16.8 Å². The first-order chi connectivity index (χ1) is 13.0. The number of rotatable bonds is 9. The molecule has 27 heavy (non-hydrogen) atoms. The van der Waals surface area contributed by atoms with E-state index >= 15 is 0 Å². The zero-order chi connectivity index (χ0) is 19.4. The summed E-state index contributed by atoms with van der Waals surface area (Å²) in [4.78, 5) is 38.4. The molecule has 1 saturated carbocycles. The van der Waals surface area contributed by atoms with E-state index in [9.17, 15) is 19.6 Å². The van der Waals surface area contributed by atoms with Crippen LogP contribution < -0.4 is 5.32 Å². The van der Waals surface area contributed by atoms with Gasteiger partial charge in [0.1, 0.15) is 11.6 Å². The van der Waals surface area contributed by atoms with Crippen molar-refractivity contribution in [1.29, 1.82) is 0 Å². The number of aromatic nitrogens is 2. The van der Waals surface area contributed by atoms with Gasteiger partial charge in [0.05, 0.1) is 12.5 Å². The van der Waals surface area contributed by atoms with Crippen molar-refractivity contribution in [3.63, 3.8) is 0 Å². The van der Waals surface area contributed by atoms with Crippen molar-refractivity contribution >= 4 is 34.7 Å². The van der Waals surface area contributed by atoms with Crippen molar-refractivity contribution in [3.8, 4) is 0 Å². The molecule has 0 aromatic carbocycles. The van der Waals surface area contributed by atoms with Gasteiger partial charge in [-0.15, -0.1) is 10.2 Å². The van der Waals surface area contributed by atoms with E-state index in [0.717, 1.165) is 25.7 Å². The van der Waals surface area contributed by atoms with Crippen LogP contribution in [0.4, 0.5) is 5.13 Å². The Kier molecular flexibility index (Phi) is 6.05. The van der Waals surface area contributed by atoms with E-state index in [-0.39, 0.29) is 23.8 Å². The summed E-state index contributed by atoms with van der Waals surface area (Å²) in [6.45, 7) is 2.51. The van der Waals surface area contributed by atoms with Crippen molar-refractivity contribution in [2.45, 2.75) is 51.5 Å². The van der Waals surface area contributed by atoms with Gasteiger partial charge in [0.2, 0.25) is 23.4 Å². The van der Waals surface area contributed by atoms with E-state index in [1.54, 1.807) is 4.90 Å². The molecule has 9 nitrogen and oxygen atoms in total. The highest BCUT2D eigenvalue weighted by Crippen LogP contribution is 2.55. The molecule has 3 rings (SSSR count). The normalized spacial score (nSPS) is 21.1. The highest BCUT2D eigenvalue weighted by atomic mass is 32.1. The summed E-state index contributed by atoms with van der Waals surface area (Å²) < 4.78 is 0. The summed E-state index contributed by atoms with van der Waals surface area (Å²) in [5, 5.41) is 20.8. The molecule has 1 saturated heterocycles. The summed E-state index contributed by atoms with van der Waals surface area (Å²) in [7, 11) is 0. The standard InChI is InChI=1S/C17H25N5O4S/c1-2-3-4-12(8-21(26)11-23)15(25)22-9-17(5-6-17)7-13(22)14(24)19-16-20-18-10-27-16/h10-13,26H,2-9H2,1H3,(H,19,20,24)/t12-,13+/m1/s1. The minimum atomic E-state index is -0.559. The second-order valence-corrected chi connectivity index (χ2v) is 8.32. The number of amides is 3. The molecule has 2 heterocycles. The number of hydrogen-bond acceptors (Lipinski definition) is 7. The third kappa shape index (κ3) is 4.62. The molecule has 3 amide bonds. The average Bonchev–Trinajstić information content (AvgIpc) is 3.05. The van der Waals surface area contributed by atoms with Crippen LogP contribution in [0.2, 0.25) is 0 Å². The fourth-order valence-corrected chi connectivity index (χ4v) is 4.17. The quantitative estimate of drug-likeness (QED) is 0.372. The van der Waals surface area contributed by atoms with Crippen molar-refractivity contribution in [1.82, 2.24) is 20.2 Å². The summed E-state index contributed by atoms with van der Waals surface area (Å²) in [5.41, 5.74) is 1.57. The van der Waals surface area contributed by atoms with Gasteiger partial charge >= 0.3 is 0 Å². The lowest BCUT2D eigenvalue weighted by molar-refractivity contribution is -0.157. The molecule has 0 unspecified atom stereocenters. The highest BCUT2D eigenvalue weighted by molar-refractivity contribution is 7.13. The minimum Gasteiger partial charge on any atom is -0.330 e. The molecular formula is C17H25N5O4S. The van der Waals surface area contributed by atoms with Crippen LogP contribution in [0.5, 0.6) is 0 Å². The molecule has 2 atom stereocenters. The SMILES string of the molecule is CCCC[C@H](CN(O)C=O)C(=O)N1CC2(CC2)C[C@H]1C(=O)Nc1nncs1. The van der Waals surface area contributed by atoms with Crippen LogP contribution in [0.15, 0.2) is 5.51 Å². The van der Waals surface area contributed by atoms with Gasteiger partial charge in [-0.1, -0.05) is 31.1 Å². The predicted molar refractivity (Wildman–Crippen MR) is 97.9 cm³/mol. The number of anilines is 1. The molecule has 1 spiro atoms. The fraction of sp³-hybridized carbons (Fsp3) is 0.706. The van der Waals surface area contributed by atoms with Gasteiger partial charge in [0.15, 0.2) is 0 Å². The number of carbonyl (C=O) groups excluding carboxylic acids is 3. The van der Waals surface area contributed by atoms with Crippen LogP contribution in [0.25, 0.3) is 0 Å². The van der Waals surface area contributed by atoms with Crippen LogP contribution >= 0.6 is 11.3 Å². The Morgan fingerprint density at radius 3 is 2.93 bits per heavy atom. The topological polar surface area (TPSA) is 116 Å². The van der Waals surface area contributed by atoms with Crippen molar-refractivity contribution in [2.24, 2.45) is 11.3 Å². The van der Waals surface area contributed by atoms with E-state index in [1.807, 2.05) is 6.92 Å². The van der Waals surface area contributed by atoms with E-state index < -0.39 is 12.0 Å². The largest absolute Gasteiger partial charge is 0.330 e. The van der Waals surface area contributed by atoms with E-state index in [2.05, 4.69) is 15.5 Å². The Morgan fingerprint density at radius 2 is 2.33 bits per heavy atom. The van der Waals surface area contributed by atoms with Gasteiger partial charge in [-0.25, -0.2) is 5.06 Å². The van der Waals surface area contributed by atoms with Crippen LogP contribution in [-0.4, -0.2) is 62.7 Å². The Hall–Kier alpha value is -2.07. The predicted octanol–water partition coefficient (Wildman–Crippen LogP) is 1.51. The molecule has 1 aliphatic heterocycles. The summed E-state index contributed by atoms with van der Waals surface area (Å²) >= 11 is 1.23. The number of nitrogens with one attached hydrogen (secondary N) is 1. The smallest absolute Gasteiger partial charge is 0.249 e. The van der Waals surface area contributed by atoms with Gasteiger partial charge in [0, 0.05) is 6.54 Å². The molecule has 2 aliphatic rings. The molecule has 2 N–H and O–H groups in total. The number of carbonyl (C=O) groups is 3. The van der Waals surface area contributed by atoms with Crippen molar-refractivity contribution < 1.29 is 19.6 Å². The molecule has 10 heteroatoms. The molecule has 0 bridgehead atoms. The van der Waals surface area contributed by atoms with Gasteiger partial charge in [0.25, 0.3) is 0 Å². The molecule has 1 aromatic rings. The first-order valence-electron chi connectivity index (χ1n) is 9.26. The molecular weight excluding hydrogens is 370 g/mol. The Morgan fingerprint density at radius 1 is 1.56 bits per heavy atom. The number of unbranched alkanes of at least 4 members (excludes halogenated alkanes) is 1. The summed E-state index contributed by atoms with van der Waals surface area (Å²) in [6, 6.07) is -0.559. The van der Waals surface area contributed by atoms with Crippen molar-refractivity contribution in [2.75, 3.05) is 18.4 Å². The highest BCUT2D eigenvalue weighted by Gasteiger charge is 2.55. The van der Waals surface area contributed by atoms with Crippen LogP contribution in [0.3, 0.4) is 0 Å². The maximum Gasteiger partial charge on any atom is 0.249 e. The Balaban J connectivity index is 1.74. The molecule has 1 aromatic heterocycles. The molecule has 148 valence electrons. The lowest BCUT2D eigenvalue weighted by Gasteiger charge is -2.29. The summed E-state index contributed by atoms with van der Waals surface area (Å²) in [6.07, 6.45) is 5.25. The van der Waals surface area contributed by atoms with E-state index in [0.29, 0.717) is 36.0 Å². The maximum absolute atomic E-state index is 13.2. The van der Waals surface area contributed by atoms with Crippen LogP contribution in [0.1, 0.15) is 45.4 Å². The summed E-state index contributed by atoms with van der Waals surface area (Å²) in [5.74, 6) is -0.953. The molecule has 2 fully saturated rings. The molecule has 0 radical (unpaired) electrons. The minimum absolute atomic E-state index is 0.0393. The van der Waals surface area contributed by atoms with Gasteiger partial charge in [-0.05, 0) is 31.1 Å². The number of hydrogen-bond donors (Lipinski definition) is 2. The number of likely N-dealkylation sites (tertiary alicyclic amines) is 1. The lowest BCUT2D eigenvalue weighted by Crippen LogP contribution is -2.47. The monoisotopic (exact) mass is 395 g/mol. The lowest BCUT2D eigenvalue weighted by atomic mass is 9.99. The van der Waals surface area contributed by atoms with Gasteiger partial charge in [-0.3, -0.25) is 24.9 Å². The van der Waals surface area contributed by atoms with E-state index in [4.69, 9.17) is 0 Å². The average molecular weight is 395 g/mol. The Bertz CT molecular complexity index is 679. The first kappa shape index (κ1) is 19.7. The third-order valence-corrected chi connectivity index (χ3v) is 6.03.